The Bertz CT molecular complexity index is 884. The summed E-state index contributed by atoms with van der Waals surface area (Å²) in [6.07, 6.45) is 4.79. The van der Waals surface area contributed by atoms with Gasteiger partial charge in [-0.15, -0.1) is 11.3 Å². The largest absolute Gasteiger partial charge is 0.480 e. The molecule has 144 valence electrons. The highest BCUT2D eigenvalue weighted by Crippen LogP contribution is 2.39. The summed E-state index contributed by atoms with van der Waals surface area (Å²) in [4.78, 5) is 37.3. The number of carboxylic acid groups (broad SMARTS) is 1. The van der Waals surface area contributed by atoms with Crippen LogP contribution in [0.2, 0.25) is 0 Å². The van der Waals surface area contributed by atoms with Crippen molar-refractivity contribution in [1.29, 1.82) is 0 Å². The predicted molar refractivity (Wildman–Crippen MR) is 99.3 cm³/mol. The molecule has 9 heteroatoms. The second kappa shape index (κ2) is 7.91. The molecule has 0 saturated heterocycles. The van der Waals surface area contributed by atoms with Gasteiger partial charge in [0.2, 0.25) is 0 Å². The summed E-state index contributed by atoms with van der Waals surface area (Å²) < 4.78 is 6.48. The van der Waals surface area contributed by atoms with E-state index in [0.717, 1.165) is 40.8 Å². The summed E-state index contributed by atoms with van der Waals surface area (Å²) in [5.74, 6) is -2.05. The number of thiophene rings is 1. The van der Waals surface area contributed by atoms with Gasteiger partial charge in [0.15, 0.2) is 0 Å². The number of esters is 1. The van der Waals surface area contributed by atoms with Crippen LogP contribution in [-0.2, 0) is 28.9 Å². The number of aromatic nitrogens is 2. The number of rotatable bonds is 6. The lowest BCUT2D eigenvalue weighted by Gasteiger charge is -2.14. The van der Waals surface area contributed by atoms with Gasteiger partial charge in [0, 0.05) is 11.1 Å². The van der Waals surface area contributed by atoms with Crippen molar-refractivity contribution in [2.45, 2.75) is 52.2 Å². The Morgan fingerprint density at radius 1 is 1.33 bits per heavy atom. The van der Waals surface area contributed by atoms with Gasteiger partial charge >= 0.3 is 11.9 Å². The van der Waals surface area contributed by atoms with E-state index in [1.54, 1.807) is 13.8 Å². The third kappa shape index (κ3) is 4.19. The van der Waals surface area contributed by atoms with Crippen LogP contribution in [0.25, 0.3) is 0 Å². The molecule has 0 atom stereocenters. The molecular formula is C18H21N3O5S. The van der Waals surface area contributed by atoms with Gasteiger partial charge in [-0.3, -0.25) is 9.59 Å². The van der Waals surface area contributed by atoms with Crippen LogP contribution in [0.1, 0.15) is 58.0 Å². The minimum absolute atomic E-state index is 0.118. The number of hydrogen-bond acceptors (Lipinski definition) is 6. The van der Waals surface area contributed by atoms with Crippen molar-refractivity contribution in [3.63, 3.8) is 0 Å². The first-order valence-electron chi connectivity index (χ1n) is 8.77. The van der Waals surface area contributed by atoms with Crippen molar-refractivity contribution in [3.8, 4) is 0 Å². The van der Waals surface area contributed by atoms with Gasteiger partial charge in [0.25, 0.3) is 5.91 Å². The number of carbonyl (C=O) groups is 3. The van der Waals surface area contributed by atoms with Crippen LogP contribution in [0.4, 0.5) is 5.00 Å². The zero-order chi connectivity index (χ0) is 19.6. The van der Waals surface area contributed by atoms with Gasteiger partial charge in [-0.05, 0) is 51.2 Å². The molecular weight excluding hydrogens is 370 g/mol. The number of fused-ring (bicyclic) bond motifs is 1. The molecule has 0 unspecified atom stereocenters. The second-order valence-corrected chi connectivity index (χ2v) is 7.70. The van der Waals surface area contributed by atoms with Crippen LogP contribution in [0.5, 0.6) is 0 Å². The maximum absolute atomic E-state index is 12.7. The molecule has 0 aliphatic heterocycles. The van der Waals surface area contributed by atoms with Crippen molar-refractivity contribution >= 4 is 34.2 Å². The molecule has 0 fully saturated rings. The number of anilines is 1. The summed E-state index contributed by atoms with van der Waals surface area (Å²) in [7, 11) is 0. The van der Waals surface area contributed by atoms with Crippen LogP contribution in [0.3, 0.4) is 0 Å². The Kier molecular flexibility index (Phi) is 5.59. The molecule has 0 bridgehead atoms. The summed E-state index contributed by atoms with van der Waals surface area (Å²) in [6.45, 7) is 3.14. The van der Waals surface area contributed by atoms with E-state index in [2.05, 4.69) is 10.4 Å². The maximum atomic E-state index is 12.7. The van der Waals surface area contributed by atoms with Gasteiger partial charge < -0.3 is 15.2 Å². The Morgan fingerprint density at radius 2 is 2.07 bits per heavy atom. The number of nitrogens with one attached hydrogen (secondary N) is 1. The molecule has 3 rings (SSSR count). The summed E-state index contributed by atoms with van der Waals surface area (Å²) in [5.41, 5.74) is 1.49. The quantitative estimate of drug-likeness (QED) is 0.733. The average Bonchev–Trinajstić information content (AvgIpc) is 3.17. The fourth-order valence-corrected chi connectivity index (χ4v) is 4.36. The third-order valence-electron chi connectivity index (χ3n) is 4.18. The molecule has 2 aromatic rings. The third-order valence-corrected chi connectivity index (χ3v) is 5.39. The van der Waals surface area contributed by atoms with Crippen LogP contribution < -0.4 is 5.32 Å². The second-order valence-electron chi connectivity index (χ2n) is 6.59. The highest BCUT2D eigenvalue weighted by Gasteiger charge is 2.28. The van der Waals surface area contributed by atoms with Crippen molar-refractivity contribution in [2.75, 3.05) is 5.32 Å². The Labute approximate surface area is 160 Å². The van der Waals surface area contributed by atoms with Crippen molar-refractivity contribution < 1.29 is 24.2 Å². The van der Waals surface area contributed by atoms with Gasteiger partial charge in [-0.25, -0.2) is 9.48 Å². The number of aryl methyl sites for hydroxylation is 1. The first-order chi connectivity index (χ1) is 12.9. The lowest BCUT2D eigenvalue weighted by molar-refractivity contribution is -0.137. The van der Waals surface area contributed by atoms with E-state index in [1.165, 1.54) is 23.6 Å². The summed E-state index contributed by atoms with van der Waals surface area (Å²) >= 11 is 1.38. The molecule has 1 aliphatic carbocycles. The lowest BCUT2D eigenvalue weighted by Crippen LogP contribution is -2.22. The molecule has 0 spiro atoms. The van der Waals surface area contributed by atoms with Gasteiger partial charge in [0.05, 0.1) is 11.7 Å². The fourth-order valence-electron chi connectivity index (χ4n) is 3.09. The molecule has 0 aromatic carbocycles. The summed E-state index contributed by atoms with van der Waals surface area (Å²) in [6, 6.07) is 1.44. The zero-order valence-electron chi connectivity index (χ0n) is 15.2. The molecule has 2 N–H and O–H groups in total. The minimum atomic E-state index is -1.10. The number of hydrogen-bond donors (Lipinski definition) is 2. The van der Waals surface area contributed by atoms with E-state index >= 15 is 0 Å². The van der Waals surface area contributed by atoms with E-state index < -0.39 is 24.4 Å². The van der Waals surface area contributed by atoms with Gasteiger partial charge in [0.1, 0.15) is 17.2 Å². The Hall–Kier alpha value is -2.68. The number of carbonyl (C=O) groups excluding carboxylic acids is 2. The molecule has 8 nitrogen and oxygen atoms in total. The first-order valence-corrected chi connectivity index (χ1v) is 9.59. The molecule has 1 aliphatic rings. The molecule has 27 heavy (non-hydrogen) atoms. The lowest BCUT2D eigenvalue weighted by atomic mass is 9.95. The Balaban J connectivity index is 1.91. The van der Waals surface area contributed by atoms with Gasteiger partial charge in [-0.1, -0.05) is 0 Å². The predicted octanol–water partition coefficient (Wildman–Crippen LogP) is 2.73. The van der Waals surface area contributed by atoms with Crippen LogP contribution in [-0.4, -0.2) is 38.8 Å². The maximum Gasteiger partial charge on any atom is 0.341 e. The molecule has 0 saturated carbocycles. The van der Waals surface area contributed by atoms with E-state index in [1.807, 2.05) is 0 Å². The molecule has 0 radical (unpaired) electrons. The number of carboxylic acids is 1. The highest BCUT2D eigenvalue weighted by atomic mass is 32.1. The molecule has 2 heterocycles. The smallest absolute Gasteiger partial charge is 0.341 e. The molecule has 2 aromatic heterocycles. The summed E-state index contributed by atoms with van der Waals surface area (Å²) in [5, 5.41) is 16.0. The van der Waals surface area contributed by atoms with Crippen molar-refractivity contribution in [1.82, 2.24) is 9.78 Å². The van der Waals surface area contributed by atoms with E-state index in [-0.39, 0.29) is 11.8 Å². The Morgan fingerprint density at radius 3 is 2.78 bits per heavy atom. The average molecular weight is 391 g/mol. The van der Waals surface area contributed by atoms with Gasteiger partial charge in [-0.2, -0.15) is 5.10 Å². The minimum Gasteiger partial charge on any atom is -0.480 e. The van der Waals surface area contributed by atoms with Crippen molar-refractivity contribution in [2.24, 2.45) is 0 Å². The molecule has 1 amide bonds. The first kappa shape index (κ1) is 19.1. The zero-order valence-corrected chi connectivity index (χ0v) is 16.0. The standard InChI is InChI=1S/C18H21N3O5S/c1-10(2)26-18(25)15-11-5-3-4-6-13(11)27-17(15)20-16(24)12-7-8-19-21(12)9-14(22)23/h7-8,10H,3-6,9H2,1-2H3,(H,20,24)(H,22,23). The van der Waals surface area contributed by atoms with E-state index in [4.69, 9.17) is 9.84 Å². The highest BCUT2D eigenvalue weighted by molar-refractivity contribution is 7.17. The van der Waals surface area contributed by atoms with Crippen LogP contribution in [0.15, 0.2) is 12.3 Å². The number of nitrogens with zero attached hydrogens (tertiary/aromatic N) is 2. The van der Waals surface area contributed by atoms with Crippen LogP contribution >= 0.6 is 11.3 Å². The normalized spacial score (nSPS) is 13.3. The topological polar surface area (TPSA) is 111 Å². The fraction of sp³-hybridized carbons (Fsp3) is 0.444. The van der Waals surface area contributed by atoms with E-state index in [9.17, 15) is 14.4 Å². The monoisotopic (exact) mass is 391 g/mol. The van der Waals surface area contributed by atoms with E-state index in [0.29, 0.717) is 10.6 Å². The number of amides is 1. The number of aliphatic carboxylic acids is 1. The van der Waals surface area contributed by atoms with Crippen molar-refractivity contribution in [3.05, 3.63) is 34.0 Å². The SMILES string of the molecule is CC(C)OC(=O)c1c(NC(=O)c2ccnn2CC(=O)O)sc2c1CCCC2. The number of ether oxygens (including phenoxy) is 1. The van der Waals surface area contributed by atoms with Crippen LogP contribution in [0, 0.1) is 0 Å².